The maximum atomic E-state index is 12.3. The molecule has 0 aliphatic heterocycles. The van der Waals surface area contributed by atoms with Crippen LogP contribution in [0.15, 0.2) is 57.9 Å². The lowest BCUT2D eigenvalue weighted by Gasteiger charge is -2.09. The van der Waals surface area contributed by atoms with Gasteiger partial charge in [-0.05, 0) is 54.8 Å². The van der Waals surface area contributed by atoms with E-state index in [9.17, 15) is 13.2 Å². The Bertz CT molecular complexity index is 829. The van der Waals surface area contributed by atoms with E-state index in [4.69, 9.17) is 0 Å². The summed E-state index contributed by atoms with van der Waals surface area (Å²) in [7, 11) is -3.62. The van der Waals surface area contributed by atoms with Crippen molar-refractivity contribution in [1.82, 2.24) is 5.32 Å². The van der Waals surface area contributed by atoms with Gasteiger partial charge in [-0.25, -0.2) is 8.42 Å². The van der Waals surface area contributed by atoms with Crippen molar-refractivity contribution in [3.8, 4) is 0 Å². The predicted octanol–water partition coefficient (Wildman–Crippen LogP) is 3.07. The zero-order valence-corrected chi connectivity index (χ0v) is 15.2. The zero-order valence-electron chi connectivity index (χ0n) is 12.8. The average Bonchev–Trinajstić information content (AvgIpc) is 3.33. The second-order valence-corrected chi connectivity index (χ2v) is 8.37. The summed E-state index contributed by atoms with van der Waals surface area (Å²) in [6.45, 7) is 0. The SMILES string of the molecule is O=C(Cc1ccc(NS(=O)(=O)c2ccc(Br)cc2)cc1)NC1CC1. The average molecular weight is 409 g/mol. The second kappa shape index (κ2) is 6.94. The highest BCUT2D eigenvalue weighted by Gasteiger charge is 2.23. The molecule has 0 heterocycles. The lowest BCUT2D eigenvalue weighted by atomic mass is 10.1. The largest absolute Gasteiger partial charge is 0.353 e. The minimum Gasteiger partial charge on any atom is -0.353 e. The van der Waals surface area contributed by atoms with Gasteiger partial charge in [-0.3, -0.25) is 9.52 Å². The number of hydrogen-bond donors (Lipinski definition) is 2. The van der Waals surface area contributed by atoms with Gasteiger partial charge in [-0.15, -0.1) is 0 Å². The van der Waals surface area contributed by atoms with Crippen LogP contribution in [-0.4, -0.2) is 20.4 Å². The molecule has 0 radical (unpaired) electrons. The van der Waals surface area contributed by atoms with Gasteiger partial charge in [0.15, 0.2) is 0 Å². The van der Waals surface area contributed by atoms with Gasteiger partial charge in [-0.2, -0.15) is 0 Å². The number of carbonyl (C=O) groups is 1. The van der Waals surface area contributed by atoms with Crippen molar-refractivity contribution in [1.29, 1.82) is 0 Å². The van der Waals surface area contributed by atoms with E-state index in [0.29, 0.717) is 18.2 Å². The summed E-state index contributed by atoms with van der Waals surface area (Å²) in [5, 5.41) is 2.93. The highest BCUT2D eigenvalue weighted by Crippen LogP contribution is 2.20. The summed E-state index contributed by atoms with van der Waals surface area (Å²) < 4.78 is 28.0. The van der Waals surface area contributed by atoms with Crippen molar-refractivity contribution in [2.24, 2.45) is 0 Å². The fraction of sp³-hybridized carbons (Fsp3) is 0.235. The number of sulfonamides is 1. The first-order chi connectivity index (χ1) is 11.4. The van der Waals surface area contributed by atoms with Crippen LogP contribution in [0, 0.1) is 0 Å². The number of amides is 1. The molecule has 0 saturated heterocycles. The van der Waals surface area contributed by atoms with Crippen LogP contribution in [-0.2, 0) is 21.2 Å². The van der Waals surface area contributed by atoms with Gasteiger partial charge < -0.3 is 5.32 Å². The maximum absolute atomic E-state index is 12.3. The molecule has 1 aliphatic carbocycles. The third-order valence-electron chi connectivity index (χ3n) is 3.64. The Balaban J connectivity index is 1.64. The van der Waals surface area contributed by atoms with E-state index in [0.717, 1.165) is 22.9 Å². The molecule has 3 rings (SSSR count). The van der Waals surface area contributed by atoms with Crippen molar-refractivity contribution in [3.63, 3.8) is 0 Å². The lowest BCUT2D eigenvalue weighted by Crippen LogP contribution is -2.26. The van der Waals surface area contributed by atoms with Crippen LogP contribution in [0.4, 0.5) is 5.69 Å². The van der Waals surface area contributed by atoms with E-state index in [2.05, 4.69) is 26.0 Å². The van der Waals surface area contributed by atoms with Crippen LogP contribution in [0.5, 0.6) is 0 Å². The summed E-state index contributed by atoms with van der Waals surface area (Å²) in [4.78, 5) is 12.0. The number of hydrogen-bond acceptors (Lipinski definition) is 3. The molecule has 1 amide bonds. The van der Waals surface area contributed by atoms with Gasteiger partial charge in [0.05, 0.1) is 11.3 Å². The molecule has 0 spiro atoms. The Hall–Kier alpha value is -1.86. The van der Waals surface area contributed by atoms with Crippen molar-refractivity contribution >= 4 is 37.5 Å². The minimum absolute atomic E-state index is 0.000642. The summed E-state index contributed by atoms with van der Waals surface area (Å²) in [6.07, 6.45) is 2.42. The molecule has 0 unspecified atom stereocenters. The molecular weight excluding hydrogens is 392 g/mol. The number of rotatable bonds is 6. The van der Waals surface area contributed by atoms with E-state index in [1.807, 2.05) is 0 Å². The van der Waals surface area contributed by atoms with E-state index in [1.54, 1.807) is 36.4 Å². The van der Waals surface area contributed by atoms with E-state index in [-0.39, 0.29) is 10.8 Å². The van der Waals surface area contributed by atoms with Crippen LogP contribution in [0.1, 0.15) is 18.4 Å². The highest BCUT2D eigenvalue weighted by atomic mass is 79.9. The number of halogens is 1. The first kappa shape index (κ1) is 17.0. The molecule has 0 atom stereocenters. The lowest BCUT2D eigenvalue weighted by molar-refractivity contribution is -0.120. The van der Waals surface area contributed by atoms with Gasteiger partial charge in [0.25, 0.3) is 10.0 Å². The molecular formula is C17H17BrN2O3S. The van der Waals surface area contributed by atoms with Crippen LogP contribution in [0.3, 0.4) is 0 Å². The summed E-state index contributed by atoms with van der Waals surface area (Å²) >= 11 is 3.28. The van der Waals surface area contributed by atoms with E-state index >= 15 is 0 Å². The molecule has 7 heteroatoms. The molecule has 2 aromatic carbocycles. The number of carbonyl (C=O) groups excluding carboxylic acids is 1. The first-order valence-corrected chi connectivity index (χ1v) is 9.87. The van der Waals surface area contributed by atoms with Crippen molar-refractivity contribution in [2.75, 3.05) is 4.72 Å². The van der Waals surface area contributed by atoms with Gasteiger partial charge in [-0.1, -0.05) is 28.1 Å². The van der Waals surface area contributed by atoms with Crippen LogP contribution in [0.2, 0.25) is 0 Å². The molecule has 2 N–H and O–H groups in total. The zero-order chi connectivity index (χ0) is 17.2. The van der Waals surface area contributed by atoms with Gasteiger partial charge in [0.2, 0.25) is 5.91 Å². The maximum Gasteiger partial charge on any atom is 0.261 e. The molecule has 1 saturated carbocycles. The Morgan fingerprint density at radius 1 is 1.04 bits per heavy atom. The van der Waals surface area contributed by atoms with E-state index < -0.39 is 10.0 Å². The van der Waals surface area contributed by atoms with Crippen LogP contribution < -0.4 is 10.0 Å². The van der Waals surface area contributed by atoms with Crippen molar-refractivity contribution in [2.45, 2.75) is 30.2 Å². The fourth-order valence-corrected chi connectivity index (χ4v) is 3.53. The van der Waals surface area contributed by atoms with Gasteiger partial charge >= 0.3 is 0 Å². The first-order valence-electron chi connectivity index (χ1n) is 7.59. The van der Waals surface area contributed by atoms with Crippen molar-refractivity contribution < 1.29 is 13.2 Å². The summed E-state index contributed by atoms with van der Waals surface area (Å²) in [5.74, 6) is 0.000642. The number of anilines is 1. The fourth-order valence-electron chi connectivity index (χ4n) is 2.21. The Kier molecular flexibility index (Phi) is 4.91. The number of benzene rings is 2. The smallest absolute Gasteiger partial charge is 0.261 e. The minimum atomic E-state index is -3.62. The van der Waals surface area contributed by atoms with Gasteiger partial charge in [0.1, 0.15) is 0 Å². The summed E-state index contributed by atoms with van der Waals surface area (Å²) in [5.41, 5.74) is 1.31. The third kappa shape index (κ3) is 4.58. The normalized spacial score (nSPS) is 14.2. The molecule has 126 valence electrons. The third-order valence-corrected chi connectivity index (χ3v) is 5.56. The second-order valence-electron chi connectivity index (χ2n) is 5.77. The van der Waals surface area contributed by atoms with Crippen molar-refractivity contribution in [3.05, 3.63) is 58.6 Å². The van der Waals surface area contributed by atoms with E-state index in [1.165, 1.54) is 12.1 Å². The Morgan fingerprint density at radius 3 is 2.25 bits per heavy atom. The number of nitrogens with one attached hydrogen (secondary N) is 2. The topological polar surface area (TPSA) is 75.3 Å². The standard InChI is InChI=1S/C17H17BrN2O3S/c18-13-3-9-16(10-4-13)24(22,23)20-15-5-1-12(2-6-15)11-17(21)19-14-7-8-14/h1-6,9-10,14,20H,7-8,11H2,(H,19,21). The Morgan fingerprint density at radius 2 is 1.67 bits per heavy atom. The molecule has 0 aromatic heterocycles. The molecule has 5 nitrogen and oxygen atoms in total. The predicted molar refractivity (Wildman–Crippen MR) is 96.3 cm³/mol. The molecule has 24 heavy (non-hydrogen) atoms. The van der Waals surface area contributed by atoms with Crippen LogP contribution >= 0.6 is 15.9 Å². The molecule has 1 fully saturated rings. The van der Waals surface area contributed by atoms with Gasteiger partial charge in [0, 0.05) is 16.2 Å². The molecule has 1 aliphatic rings. The van der Waals surface area contributed by atoms with Crippen LogP contribution in [0.25, 0.3) is 0 Å². The quantitative estimate of drug-likeness (QED) is 0.770. The highest BCUT2D eigenvalue weighted by molar-refractivity contribution is 9.10. The summed E-state index contributed by atoms with van der Waals surface area (Å²) in [6, 6.07) is 13.6. The molecule has 2 aromatic rings. The Labute approximate surface area is 149 Å². The molecule has 0 bridgehead atoms. The monoisotopic (exact) mass is 408 g/mol.